The topological polar surface area (TPSA) is 53.9 Å². The van der Waals surface area contributed by atoms with Crippen LogP contribution in [-0.2, 0) is 9.53 Å². The molecule has 0 aromatic carbocycles. The number of terminal acetylenes is 1. The largest absolute Gasteiger partial charge is 1.00 e. The molecule has 11 heavy (non-hydrogen) atoms. The van der Waals surface area contributed by atoms with Crippen molar-refractivity contribution in [2.75, 3.05) is 6.61 Å². The SMILES string of the molecule is C#C[C@@H]([NH3+])CC(=O)OCC.[Cl-]. The lowest BCUT2D eigenvalue weighted by atomic mass is 10.2. The Balaban J connectivity index is 0. The summed E-state index contributed by atoms with van der Waals surface area (Å²) in [7, 11) is 0. The molecule has 0 saturated heterocycles. The second kappa shape index (κ2) is 7.39. The second-order valence-corrected chi connectivity index (χ2v) is 1.87. The van der Waals surface area contributed by atoms with Gasteiger partial charge in [-0.3, -0.25) is 4.79 Å². The standard InChI is InChI=1S/C7H11NO2.ClH/c1-3-6(8)5-7(9)10-4-2;/h1,6H,4-5,8H2,2H3;1H/t6-;/m1./s1. The number of hydrogen-bond acceptors (Lipinski definition) is 2. The van der Waals surface area contributed by atoms with E-state index < -0.39 is 0 Å². The van der Waals surface area contributed by atoms with Crippen LogP contribution in [0.4, 0.5) is 0 Å². The van der Waals surface area contributed by atoms with E-state index in [9.17, 15) is 4.79 Å². The Morgan fingerprint density at radius 3 is 2.73 bits per heavy atom. The normalized spacial score (nSPS) is 10.6. The second-order valence-electron chi connectivity index (χ2n) is 1.87. The zero-order valence-corrected chi connectivity index (χ0v) is 7.23. The molecule has 0 aromatic rings. The Hall–Kier alpha value is -0.720. The van der Waals surface area contributed by atoms with E-state index in [1.165, 1.54) is 0 Å². The Labute approximate surface area is 72.7 Å². The van der Waals surface area contributed by atoms with Gasteiger partial charge in [-0.2, -0.15) is 0 Å². The fourth-order valence-electron chi connectivity index (χ4n) is 0.480. The maximum atomic E-state index is 10.7. The highest BCUT2D eigenvalue weighted by Gasteiger charge is 2.08. The van der Waals surface area contributed by atoms with Gasteiger partial charge in [0.2, 0.25) is 0 Å². The van der Waals surface area contributed by atoms with E-state index in [1.54, 1.807) is 6.92 Å². The summed E-state index contributed by atoms with van der Waals surface area (Å²) in [6.45, 7) is 2.15. The van der Waals surface area contributed by atoms with E-state index in [4.69, 9.17) is 6.42 Å². The summed E-state index contributed by atoms with van der Waals surface area (Å²) < 4.78 is 4.64. The van der Waals surface area contributed by atoms with Gasteiger partial charge in [-0.25, -0.2) is 0 Å². The molecule has 0 unspecified atom stereocenters. The monoisotopic (exact) mass is 177 g/mol. The van der Waals surface area contributed by atoms with Crippen LogP contribution in [0.25, 0.3) is 0 Å². The van der Waals surface area contributed by atoms with E-state index >= 15 is 0 Å². The minimum absolute atomic E-state index is 0. The maximum Gasteiger partial charge on any atom is 0.312 e. The summed E-state index contributed by atoms with van der Waals surface area (Å²) >= 11 is 0. The highest BCUT2D eigenvalue weighted by molar-refractivity contribution is 5.70. The third-order valence-electron chi connectivity index (χ3n) is 0.954. The summed E-state index contributed by atoms with van der Waals surface area (Å²) in [6, 6.07) is -0.265. The molecule has 0 saturated carbocycles. The number of hydrogen-bond donors (Lipinski definition) is 1. The highest BCUT2D eigenvalue weighted by Crippen LogP contribution is 1.87. The molecule has 0 bridgehead atoms. The maximum absolute atomic E-state index is 10.7. The molecular formula is C7H12ClNO2. The molecule has 0 aliphatic carbocycles. The minimum atomic E-state index is -0.277. The number of ether oxygens (including phenoxy) is 1. The van der Waals surface area contributed by atoms with Gasteiger partial charge in [0, 0.05) is 0 Å². The third kappa shape index (κ3) is 7.17. The van der Waals surface area contributed by atoms with Gasteiger partial charge in [0.05, 0.1) is 6.61 Å². The molecule has 0 aliphatic rings. The van der Waals surface area contributed by atoms with Crippen LogP contribution in [0.5, 0.6) is 0 Å². The first-order valence-electron chi connectivity index (χ1n) is 3.15. The lowest BCUT2D eigenvalue weighted by Crippen LogP contribution is -3.00. The molecule has 0 aliphatic heterocycles. The molecule has 0 heterocycles. The quantitative estimate of drug-likeness (QED) is 0.355. The van der Waals surface area contributed by atoms with E-state index in [2.05, 4.69) is 16.4 Å². The van der Waals surface area contributed by atoms with Crippen LogP contribution < -0.4 is 18.1 Å². The lowest BCUT2D eigenvalue weighted by Gasteiger charge is -2.00. The molecule has 4 heteroatoms. The molecule has 0 spiro atoms. The Bertz CT molecular complexity index is 153. The average Bonchev–Trinajstić information content (AvgIpc) is 1.88. The van der Waals surface area contributed by atoms with Crippen molar-refractivity contribution in [1.29, 1.82) is 0 Å². The van der Waals surface area contributed by atoms with Crippen LogP contribution in [0, 0.1) is 12.3 Å². The number of rotatable bonds is 3. The first kappa shape index (κ1) is 12.9. The van der Waals surface area contributed by atoms with Crippen molar-refractivity contribution in [2.45, 2.75) is 19.4 Å². The predicted octanol–water partition coefficient (Wildman–Crippen LogP) is -3.81. The molecule has 1 atom stereocenters. The molecule has 0 aromatic heterocycles. The van der Waals surface area contributed by atoms with Gasteiger partial charge in [0.25, 0.3) is 0 Å². The van der Waals surface area contributed by atoms with Crippen molar-refractivity contribution in [3.05, 3.63) is 0 Å². The number of quaternary nitrogens is 1. The van der Waals surface area contributed by atoms with Crippen molar-refractivity contribution >= 4 is 5.97 Å². The zero-order valence-electron chi connectivity index (χ0n) is 6.47. The minimum Gasteiger partial charge on any atom is -1.00 e. The van der Waals surface area contributed by atoms with E-state index in [0.29, 0.717) is 6.61 Å². The molecule has 0 radical (unpaired) electrons. The van der Waals surface area contributed by atoms with Crippen molar-refractivity contribution in [3.8, 4) is 12.3 Å². The van der Waals surface area contributed by atoms with Crippen molar-refractivity contribution < 1.29 is 27.7 Å². The van der Waals surface area contributed by atoms with Crippen LogP contribution in [0.15, 0.2) is 0 Å². The van der Waals surface area contributed by atoms with Gasteiger partial charge in [-0.05, 0) is 12.8 Å². The van der Waals surface area contributed by atoms with Crippen LogP contribution in [0.1, 0.15) is 13.3 Å². The number of carbonyl (C=O) groups is 1. The first-order chi connectivity index (χ1) is 4.70. The first-order valence-corrected chi connectivity index (χ1v) is 3.15. The lowest BCUT2D eigenvalue weighted by molar-refractivity contribution is -0.398. The van der Waals surface area contributed by atoms with Gasteiger partial charge >= 0.3 is 5.97 Å². The summed E-state index contributed by atoms with van der Waals surface area (Å²) in [5.41, 5.74) is 3.54. The summed E-state index contributed by atoms with van der Waals surface area (Å²) in [6.07, 6.45) is 5.21. The third-order valence-corrected chi connectivity index (χ3v) is 0.954. The van der Waals surface area contributed by atoms with Crippen LogP contribution >= 0.6 is 0 Å². The predicted molar refractivity (Wildman–Crippen MR) is 36.8 cm³/mol. The van der Waals surface area contributed by atoms with Crippen LogP contribution in [0.2, 0.25) is 0 Å². The Kier molecular flexibility index (Phi) is 8.67. The van der Waals surface area contributed by atoms with Crippen molar-refractivity contribution in [2.24, 2.45) is 0 Å². The fraction of sp³-hybridized carbons (Fsp3) is 0.571. The number of esters is 1. The van der Waals surface area contributed by atoms with E-state index in [1.807, 2.05) is 0 Å². The molecular weight excluding hydrogens is 166 g/mol. The summed E-state index contributed by atoms with van der Waals surface area (Å²) in [5, 5.41) is 0. The van der Waals surface area contributed by atoms with Crippen LogP contribution in [0.3, 0.4) is 0 Å². The molecule has 3 nitrogen and oxygen atoms in total. The van der Waals surface area contributed by atoms with E-state index in [-0.39, 0.29) is 30.8 Å². The van der Waals surface area contributed by atoms with Crippen molar-refractivity contribution in [3.63, 3.8) is 0 Å². The van der Waals surface area contributed by atoms with Gasteiger partial charge in [-0.15, -0.1) is 6.42 Å². The summed E-state index contributed by atoms with van der Waals surface area (Å²) in [5.74, 6) is 2.06. The van der Waals surface area contributed by atoms with E-state index in [0.717, 1.165) is 0 Å². The smallest absolute Gasteiger partial charge is 0.312 e. The molecule has 0 amide bonds. The Morgan fingerprint density at radius 1 is 1.82 bits per heavy atom. The fourth-order valence-corrected chi connectivity index (χ4v) is 0.480. The van der Waals surface area contributed by atoms with Gasteiger partial charge in [0.15, 0.2) is 6.04 Å². The highest BCUT2D eigenvalue weighted by atomic mass is 35.5. The van der Waals surface area contributed by atoms with Crippen LogP contribution in [-0.4, -0.2) is 18.6 Å². The average molecular weight is 178 g/mol. The van der Waals surface area contributed by atoms with Gasteiger partial charge < -0.3 is 22.9 Å². The van der Waals surface area contributed by atoms with Gasteiger partial charge in [-0.1, -0.05) is 0 Å². The number of carbonyl (C=O) groups excluding carboxylic acids is 1. The Morgan fingerprint density at radius 2 is 2.36 bits per heavy atom. The molecule has 64 valence electrons. The molecule has 0 rings (SSSR count). The molecule has 3 N–H and O–H groups in total. The van der Waals surface area contributed by atoms with Gasteiger partial charge in [0.1, 0.15) is 6.42 Å². The molecule has 0 fully saturated rings. The summed E-state index contributed by atoms with van der Waals surface area (Å²) in [4.78, 5) is 10.7. The zero-order chi connectivity index (χ0) is 7.98. The number of halogens is 1. The van der Waals surface area contributed by atoms with Crippen molar-refractivity contribution in [1.82, 2.24) is 0 Å².